The summed E-state index contributed by atoms with van der Waals surface area (Å²) in [5.74, 6) is 0.224. The number of amides is 1. The molecule has 1 aliphatic heterocycles. The van der Waals surface area contributed by atoms with Crippen LogP contribution in [0.1, 0.15) is 38.3 Å². The van der Waals surface area contributed by atoms with Gasteiger partial charge in [-0.25, -0.2) is 0 Å². The van der Waals surface area contributed by atoms with Crippen molar-refractivity contribution in [1.29, 1.82) is 0 Å². The Hall–Kier alpha value is -1.43. The van der Waals surface area contributed by atoms with Crippen LogP contribution in [0.15, 0.2) is 6.20 Å². The van der Waals surface area contributed by atoms with Gasteiger partial charge < -0.3 is 4.90 Å². The molecule has 1 aromatic heterocycles. The normalized spacial score (nSPS) is 23.2. The number of likely N-dealkylation sites (tertiary alicyclic amines) is 1. The zero-order chi connectivity index (χ0) is 14.1. The summed E-state index contributed by atoms with van der Waals surface area (Å²) < 4.78 is 1.83. The molecule has 1 saturated carbocycles. The van der Waals surface area contributed by atoms with Gasteiger partial charge in [0, 0.05) is 39.1 Å². The van der Waals surface area contributed by atoms with Crippen molar-refractivity contribution in [2.24, 2.45) is 7.05 Å². The number of rotatable bonds is 5. The highest BCUT2D eigenvalue weighted by atomic mass is 16.2. The van der Waals surface area contributed by atoms with Gasteiger partial charge in [0.05, 0.1) is 11.9 Å². The lowest BCUT2D eigenvalue weighted by molar-refractivity contribution is -0.130. The second kappa shape index (κ2) is 5.52. The molecule has 2 heterocycles. The van der Waals surface area contributed by atoms with Crippen LogP contribution in [0.5, 0.6) is 0 Å². The molecule has 0 N–H and O–H groups in total. The number of aromatic nitrogens is 3. The van der Waals surface area contributed by atoms with Crippen LogP contribution in [-0.2, 0) is 18.4 Å². The first-order chi connectivity index (χ1) is 9.65. The molecule has 2 fully saturated rings. The van der Waals surface area contributed by atoms with Gasteiger partial charge in [-0.3, -0.25) is 14.4 Å². The molecule has 0 aromatic carbocycles. The molecule has 2 aliphatic rings. The molecular formula is C14H23N5O. The van der Waals surface area contributed by atoms with E-state index < -0.39 is 0 Å². The van der Waals surface area contributed by atoms with Gasteiger partial charge in [-0.05, 0) is 32.2 Å². The first kappa shape index (κ1) is 13.5. The highest BCUT2D eigenvalue weighted by Gasteiger charge is 2.35. The van der Waals surface area contributed by atoms with Crippen molar-refractivity contribution in [2.45, 2.75) is 51.2 Å². The summed E-state index contributed by atoms with van der Waals surface area (Å²) in [6, 6.07) is 0.989. The number of carbonyl (C=O) groups excluding carboxylic acids is 1. The topological polar surface area (TPSA) is 54.3 Å². The molecule has 20 heavy (non-hydrogen) atoms. The Morgan fingerprint density at radius 3 is 2.85 bits per heavy atom. The molecule has 1 saturated heterocycles. The number of aryl methyl sites for hydroxylation is 1. The lowest BCUT2D eigenvalue weighted by atomic mass is 10.2. The Balaban J connectivity index is 1.63. The van der Waals surface area contributed by atoms with E-state index in [9.17, 15) is 4.79 Å². The van der Waals surface area contributed by atoms with Crippen LogP contribution in [0.25, 0.3) is 0 Å². The third-order valence-electron chi connectivity index (χ3n) is 4.47. The Bertz CT molecular complexity index is 482. The Morgan fingerprint density at radius 2 is 2.25 bits per heavy atom. The monoisotopic (exact) mass is 277 g/mol. The van der Waals surface area contributed by atoms with Crippen molar-refractivity contribution >= 4 is 5.91 Å². The highest BCUT2D eigenvalue weighted by Crippen LogP contribution is 2.29. The van der Waals surface area contributed by atoms with Gasteiger partial charge in [0.25, 0.3) is 0 Å². The first-order valence-electron chi connectivity index (χ1n) is 7.50. The standard InChI is InChI=1S/C14H23N5O/c1-11(20)19(12-5-6-12)10-13-4-3-7-18(13)9-14-8-15-16-17(14)2/h8,12-13H,3-7,9-10H2,1-2H3. The van der Waals surface area contributed by atoms with Gasteiger partial charge in [0.15, 0.2) is 0 Å². The smallest absolute Gasteiger partial charge is 0.219 e. The van der Waals surface area contributed by atoms with E-state index in [1.165, 1.54) is 25.7 Å². The predicted molar refractivity (Wildman–Crippen MR) is 74.8 cm³/mol. The third-order valence-corrected chi connectivity index (χ3v) is 4.47. The molecule has 0 spiro atoms. The number of hydrogen-bond donors (Lipinski definition) is 0. The van der Waals surface area contributed by atoms with Gasteiger partial charge in [0.2, 0.25) is 5.91 Å². The van der Waals surface area contributed by atoms with Crippen LogP contribution >= 0.6 is 0 Å². The molecule has 1 unspecified atom stereocenters. The van der Waals surface area contributed by atoms with Gasteiger partial charge in [0.1, 0.15) is 0 Å². The van der Waals surface area contributed by atoms with Gasteiger partial charge >= 0.3 is 0 Å². The van der Waals surface area contributed by atoms with Crippen molar-refractivity contribution in [3.05, 3.63) is 11.9 Å². The van der Waals surface area contributed by atoms with Gasteiger partial charge in [-0.2, -0.15) is 0 Å². The quantitative estimate of drug-likeness (QED) is 0.798. The van der Waals surface area contributed by atoms with Crippen LogP contribution in [0.2, 0.25) is 0 Å². The molecule has 1 aromatic rings. The Morgan fingerprint density at radius 1 is 1.45 bits per heavy atom. The fraction of sp³-hybridized carbons (Fsp3) is 0.786. The first-order valence-corrected chi connectivity index (χ1v) is 7.50. The summed E-state index contributed by atoms with van der Waals surface area (Å²) in [6.45, 7) is 4.56. The zero-order valence-electron chi connectivity index (χ0n) is 12.3. The minimum atomic E-state index is 0.224. The summed E-state index contributed by atoms with van der Waals surface area (Å²) >= 11 is 0. The van der Waals surface area contributed by atoms with Crippen molar-refractivity contribution in [3.63, 3.8) is 0 Å². The van der Waals surface area contributed by atoms with E-state index >= 15 is 0 Å². The maximum atomic E-state index is 11.8. The molecular weight excluding hydrogens is 254 g/mol. The molecule has 6 heteroatoms. The van der Waals surface area contributed by atoms with Crippen molar-refractivity contribution < 1.29 is 4.79 Å². The summed E-state index contributed by atoms with van der Waals surface area (Å²) in [4.78, 5) is 16.3. The van der Waals surface area contributed by atoms with E-state index in [1.807, 2.05) is 17.9 Å². The molecule has 6 nitrogen and oxygen atoms in total. The fourth-order valence-corrected chi connectivity index (χ4v) is 3.12. The van der Waals surface area contributed by atoms with Gasteiger partial charge in [-0.1, -0.05) is 5.21 Å². The summed E-state index contributed by atoms with van der Waals surface area (Å²) in [7, 11) is 1.93. The highest BCUT2D eigenvalue weighted by molar-refractivity contribution is 5.74. The second-order valence-corrected chi connectivity index (χ2v) is 6.02. The predicted octanol–water partition coefficient (Wildman–Crippen LogP) is 0.790. The summed E-state index contributed by atoms with van der Waals surface area (Å²) in [6.07, 6.45) is 6.59. The van der Waals surface area contributed by atoms with E-state index in [2.05, 4.69) is 20.1 Å². The number of nitrogens with zero attached hydrogens (tertiary/aromatic N) is 5. The molecule has 1 atom stereocenters. The molecule has 3 rings (SSSR count). The van der Waals surface area contributed by atoms with Gasteiger partial charge in [-0.15, -0.1) is 5.10 Å². The minimum absolute atomic E-state index is 0.224. The summed E-state index contributed by atoms with van der Waals surface area (Å²) in [5, 5.41) is 7.92. The maximum absolute atomic E-state index is 11.8. The van der Waals surface area contributed by atoms with Crippen molar-refractivity contribution in [2.75, 3.05) is 13.1 Å². The number of hydrogen-bond acceptors (Lipinski definition) is 4. The van der Waals surface area contributed by atoms with Crippen LogP contribution in [-0.4, -0.2) is 55.9 Å². The van der Waals surface area contributed by atoms with Crippen molar-refractivity contribution in [1.82, 2.24) is 24.8 Å². The van der Waals surface area contributed by atoms with E-state index in [0.717, 1.165) is 25.3 Å². The SMILES string of the molecule is CC(=O)N(CC1CCCN1Cc1cnnn1C)C1CC1. The molecule has 1 amide bonds. The van der Waals surface area contributed by atoms with Crippen LogP contribution < -0.4 is 0 Å². The van der Waals surface area contributed by atoms with Crippen LogP contribution in [0.3, 0.4) is 0 Å². The largest absolute Gasteiger partial charge is 0.338 e. The average molecular weight is 277 g/mol. The third kappa shape index (κ3) is 2.85. The Labute approximate surface area is 119 Å². The lowest BCUT2D eigenvalue weighted by Crippen LogP contribution is -2.43. The van der Waals surface area contributed by atoms with Crippen LogP contribution in [0.4, 0.5) is 0 Å². The average Bonchev–Trinajstić information content (AvgIpc) is 3.03. The van der Waals surface area contributed by atoms with E-state index in [1.54, 1.807) is 6.92 Å². The van der Waals surface area contributed by atoms with Crippen molar-refractivity contribution in [3.8, 4) is 0 Å². The zero-order valence-corrected chi connectivity index (χ0v) is 12.3. The minimum Gasteiger partial charge on any atom is -0.338 e. The lowest BCUT2D eigenvalue weighted by Gasteiger charge is -2.30. The van der Waals surface area contributed by atoms with Crippen LogP contribution in [0, 0.1) is 0 Å². The number of carbonyl (C=O) groups is 1. The second-order valence-electron chi connectivity index (χ2n) is 6.02. The molecule has 1 aliphatic carbocycles. The Kier molecular flexibility index (Phi) is 3.74. The maximum Gasteiger partial charge on any atom is 0.219 e. The van der Waals surface area contributed by atoms with E-state index in [0.29, 0.717) is 12.1 Å². The molecule has 110 valence electrons. The molecule has 0 bridgehead atoms. The summed E-state index contributed by atoms with van der Waals surface area (Å²) in [5.41, 5.74) is 1.14. The fourth-order valence-electron chi connectivity index (χ4n) is 3.12. The molecule has 0 radical (unpaired) electrons. The van der Waals surface area contributed by atoms with E-state index in [4.69, 9.17) is 0 Å². The van der Waals surface area contributed by atoms with E-state index in [-0.39, 0.29) is 5.91 Å².